The van der Waals surface area contributed by atoms with E-state index in [2.05, 4.69) is 5.32 Å². The molecule has 1 aromatic rings. The SMILES string of the molecule is CCC[C@@H](C)NC(=O)COC(=O)COc1ccc(C(C)=O)cc1OC. The molecule has 0 saturated carbocycles. The molecule has 0 aliphatic rings. The monoisotopic (exact) mass is 351 g/mol. The molecule has 0 aliphatic heterocycles. The van der Waals surface area contributed by atoms with Crippen LogP contribution < -0.4 is 14.8 Å². The van der Waals surface area contributed by atoms with Crippen LogP contribution in [-0.2, 0) is 14.3 Å². The number of Topliss-reactive ketones (excluding diaryl/α,β-unsaturated/α-hetero) is 1. The number of carbonyl (C=O) groups excluding carboxylic acids is 3. The summed E-state index contributed by atoms with van der Waals surface area (Å²) < 4.78 is 15.3. The molecule has 0 spiro atoms. The van der Waals surface area contributed by atoms with Gasteiger partial charge in [-0.2, -0.15) is 0 Å². The first-order valence-electron chi connectivity index (χ1n) is 8.14. The molecular formula is C18H25NO6. The standard InChI is InChI=1S/C18H25NO6/c1-5-6-12(2)19-17(21)10-25-18(22)11-24-15-8-7-14(13(3)20)9-16(15)23-4/h7-9,12H,5-6,10-11H2,1-4H3,(H,19,21)/t12-/m1/s1. The van der Waals surface area contributed by atoms with Crippen LogP contribution in [0.3, 0.4) is 0 Å². The Labute approximate surface area is 147 Å². The molecule has 0 bridgehead atoms. The molecule has 1 rings (SSSR count). The molecule has 1 N–H and O–H groups in total. The number of esters is 1. The van der Waals surface area contributed by atoms with Gasteiger partial charge in [0, 0.05) is 11.6 Å². The van der Waals surface area contributed by atoms with Gasteiger partial charge >= 0.3 is 5.97 Å². The second kappa shape index (κ2) is 10.3. The number of ketones is 1. The maximum absolute atomic E-state index is 11.7. The Kier molecular flexibility index (Phi) is 8.46. The van der Waals surface area contributed by atoms with Gasteiger partial charge in [-0.25, -0.2) is 4.79 Å². The van der Waals surface area contributed by atoms with Crippen LogP contribution in [0, 0.1) is 0 Å². The fourth-order valence-electron chi connectivity index (χ4n) is 2.15. The predicted molar refractivity (Wildman–Crippen MR) is 92.0 cm³/mol. The molecule has 0 aliphatic carbocycles. The molecule has 0 radical (unpaired) electrons. The lowest BCUT2D eigenvalue weighted by atomic mass is 10.1. The Morgan fingerprint density at radius 1 is 1.16 bits per heavy atom. The number of ether oxygens (including phenoxy) is 3. The van der Waals surface area contributed by atoms with Crippen LogP contribution in [0.5, 0.6) is 11.5 Å². The van der Waals surface area contributed by atoms with Gasteiger partial charge in [0.1, 0.15) is 0 Å². The average molecular weight is 351 g/mol. The maximum atomic E-state index is 11.7. The van der Waals surface area contributed by atoms with E-state index in [1.165, 1.54) is 20.1 Å². The third-order valence-corrected chi connectivity index (χ3v) is 3.41. The minimum atomic E-state index is -0.670. The van der Waals surface area contributed by atoms with Crippen molar-refractivity contribution in [3.8, 4) is 11.5 Å². The van der Waals surface area contributed by atoms with Gasteiger partial charge in [0.2, 0.25) is 0 Å². The van der Waals surface area contributed by atoms with E-state index in [0.717, 1.165) is 12.8 Å². The van der Waals surface area contributed by atoms with E-state index in [1.807, 2.05) is 13.8 Å². The van der Waals surface area contributed by atoms with Crippen molar-refractivity contribution in [2.45, 2.75) is 39.7 Å². The number of rotatable bonds is 10. The molecule has 1 amide bonds. The lowest BCUT2D eigenvalue weighted by Gasteiger charge is -2.13. The summed E-state index contributed by atoms with van der Waals surface area (Å²) in [5.74, 6) is -0.474. The molecule has 0 saturated heterocycles. The number of nitrogens with one attached hydrogen (secondary N) is 1. The summed E-state index contributed by atoms with van der Waals surface area (Å²) in [5.41, 5.74) is 0.477. The summed E-state index contributed by atoms with van der Waals surface area (Å²) in [4.78, 5) is 34.7. The first-order chi connectivity index (χ1) is 11.9. The number of methoxy groups -OCH3 is 1. The Balaban J connectivity index is 2.46. The molecule has 138 valence electrons. The van der Waals surface area contributed by atoms with Crippen LogP contribution in [0.2, 0.25) is 0 Å². The molecule has 25 heavy (non-hydrogen) atoms. The van der Waals surface area contributed by atoms with E-state index < -0.39 is 5.97 Å². The van der Waals surface area contributed by atoms with Crippen molar-refractivity contribution in [1.82, 2.24) is 5.32 Å². The Hall–Kier alpha value is -2.57. The van der Waals surface area contributed by atoms with Gasteiger partial charge in [-0.15, -0.1) is 0 Å². The van der Waals surface area contributed by atoms with Crippen LogP contribution >= 0.6 is 0 Å². The Morgan fingerprint density at radius 3 is 2.48 bits per heavy atom. The predicted octanol–water partition coefficient (Wildman–Crippen LogP) is 2.12. The maximum Gasteiger partial charge on any atom is 0.344 e. The fraction of sp³-hybridized carbons (Fsp3) is 0.500. The topological polar surface area (TPSA) is 90.9 Å². The summed E-state index contributed by atoms with van der Waals surface area (Å²) in [5, 5.41) is 2.74. The van der Waals surface area contributed by atoms with Crippen LogP contribution in [0.1, 0.15) is 44.0 Å². The largest absolute Gasteiger partial charge is 0.493 e. The highest BCUT2D eigenvalue weighted by Gasteiger charge is 2.13. The summed E-state index contributed by atoms with van der Waals surface area (Å²) in [7, 11) is 1.44. The summed E-state index contributed by atoms with van der Waals surface area (Å²) in [6.07, 6.45) is 1.82. The van der Waals surface area contributed by atoms with Gasteiger partial charge in [-0.1, -0.05) is 13.3 Å². The number of benzene rings is 1. The van der Waals surface area contributed by atoms with Crippen molar-refractivity contribution in [3.63, 3.8) is 0 Å². The van der Waals surface area contributed by atoms with Gasteiger partial charge in [0.25, 0.3) is 5.91 Å². The molecule has 0 aromatic heterocycles. The molecule has 7 heteroatoms. The minimum absolute atomic E-state index is 0.0384. The summed E-state index contributed by atoms with van der Waals surface area (Å²) in [6.45, 7) is 4.64. The highest BCUT2D eigenvalue weighted by Crippen LogP contribution is 2.28. The van der Waals surface area contributed by atoms with Gasteiger partial charge in [-0.05, 0) is 38.5 Å². The Bertz CT molecular complexity index is 614. The van der Waals surface area contributed by atoms with Crippen molar-refractivity contribution in [3.05, 3.63) is 23.8 Å². The van der Waals surface area contributed by atoms with Gasteiger partial charge < -0.3 is 19.5 Å². The van der Waals surface area contributed by atoms with Crippen molar-refractivity contribution >= 4 is 17.7 Å². The molecule has 0 heterocycles. The molecule has 1 aromatic carbocycles. The molecular weight excluding hydrogens is 326 g/mol. The average Bonchev–Trinajstić information content (AvgIpc) is 2.57. The second-order valence-corrected chi connectivity index (χ2v) is 5.63. The normalized spacial score (nSPS) is 11.4. The molecule has 0 unspecified atom stereocenters. The third kappa shape index (κ3) is 7.24. The van der Waals surface area contributed by atoms with E-state index in [-0.39, 0.29) is 30.9 Å². The highest BCUT2D eigenvalue weighted by molar-refractivity contribution is 5.94. The van der Waals surface area contributed by atoms with Crippen LogP contribution in [0.15, 0.2) is 18.2 Å². The molecule has 1 atom stereocenters. The molecule has 7 nitrogen and oxygen atoms in total. The number of carbonyl (C=O) groups is 3. The smallest absolute Gasteiger partial charge is 0.344 e. The summed E-state index contributed by atoms with van der Waals surface area (Å²) >= 11 is 0. The third-order valence-electron chi connectivity index (χ3n) is 3.41. The number of amides is 1. The Morgan fingerprint density at radius 2 is 1.88 bits per heavy atom. The van der Waals surface area contributed by atoms with E-state index in [4.69, 9.17) is 14.2 Å². The molecule has 0 fully saturated rings. The van der Waals surface area contributed by atoms with E-state index in [9.17, 15) is 14.4 Å². The zero-order valence-electron chi connectivity index (χ0n) is 15.1. The number of hydrogen-bond donors (Lipinski definition) is 1. The van der Waals surface area contributed by atoms with E-state index in [1.54, 1.807) is 12.1 Å². The fourth-order valence-corrected chi connectivity index (χ4v) is 2.15. The van der Waals surface area contributed by atoms with Crippen molar-refractivity contribution in [1.29, 1.82) is 0 Å². The zero-order valence-corrected chi connectivity index (χ0v) is 15.1. The van der Waals surface area contributed by atoms with Crippen LogP contribution in [0.4, 0.5) is 0 Å². The minimum Gasteiger partial charge on any atom is -0.493 e. The quantitative estimate of drug-likeness (QED) is 0.513. The first-order valence-corrected chi connectivity index (χ1v) is 8.14. The number of hydrogen-bond acceptors (Lipinski definition) is 6. The summed E-state index contributed by atoms with van der Waals surface area (Å²) in [6, 6.07) is 4.69. The second-order valence-electron chi connectivity index (χ2n) is 5.63. The van der Waals surface area contributed by atoms with E-state index >= 15 is 0 Å². The van der Waals surface area contributed by atoms with Gasteiger partial charge in [0.15, 0.2) is 30.5 Å². The lowest BCUT2D eigenvalue weighted by molar-refractivity contribution is -0.150. The highest BCUT2D eigenvalue weighted by atomic mass is 16.6. The van der Waals surface area contributed by atoms with Gasteiger partial charge in [-0.3, -0.25) is 9.59 Å². The van der Waals surface area contributed by atoms with Crippen molar-refractivity contribution in [2.75, 3.05) is 20.3 Å². The van der Waals surface area contributed by atoms with Crippen LogP contribution in [0.25, 0.3) is 0 Å². The van der Waals surface area contributed by atoms with E-state index in [0.29, 0.717) is 17.1 Å². The zero-order chi connectivity index (χ0) is 18.8. The lowest BCUT2D eigenvalue weighted by Crippen LogP contribution is -2.36. The van der Waals surface area contributed by atoms with Crippen LogP contribution in [-0.4, -0.2) is 44.0 Å². The van der Waals surface area contributed by atoms with Crippen molar-refractivity contribution in [2.24, 2.45) is 0 Å². The first kappa shape index (κ1) is 20.5. The van der Waals surface area contributed by atoms with Crippen molar-refractivity contribution < 1.29 is 28.6 Å². The van der Waals surface area contributed by atoms with Gasteiger partial charge in [0.05, 0.1) is 7.11 Å².